The van der Waals surface area contributed by atoms with Gasteiger partial charge in [0.05, 0.1) is 0 Å². The number of rotatable bonds is 4. The van der Waals surface area contributed by atoms with Crippen LogP contribution in [0.2, 0.25) is 0 Å². The molecule has 0 bridgehead atoms. The van der Waals surface area contributed by atoms with Gasteiger partial charge >= 0.3 is 0 Å². The van der Waals surface area contributed by atoms with E-state index in [0.717, 1.165) is 39.0 Å². The Kier molecular flexibility index (Phi) is 4.04. The number of aromatic nitrogens is 2. The number of hydrogen-bond donors (Lipinski definition) is 1. The van der Waals surface area contributed by atoms with Gasteiger partial charge in [0, 0.05) is 35.3 Å². The smallest absolute Gasteiger partial charge is 0.167 e. The molecule has 0 saturated heterocycles. The van der Waals surface area contributed by atoms with Crippen molar-refractivity contribution >= 4 is 11.0 Å². The monoisotopic (exact) mass is 329 g/mol. The molecule has 1 atom stereocenters. The topological polar surface area (TPSA) is 64.9 Å². The molecule has 0 aliphatic heterocycles. The van der Waals surface area contributed by atoms with Crippen LogP contribution in [0.25, 0.3) is 22.2 Å². The minimum absolute atomic E-state index is 0.165. The van der Waals surface area contributed by atoms with Gasteiger partial charge in [-0.3, -0.25) is 4.98 Å². The summed E-state index contributed by atoms with van der Waals surface area (Å²) in [5.74, 6) is 0. The van der Waals surface area contributed by atoms with E-state index in [2.05, 4.69) is 22.3 Å². The molecule has 2 heterocycles. The van der Waals surface area contributed by atoms with Crippen LogP contribution in [0.4, 0.5) is 0 Å². The van der Waals surface area contributed by atoms with Gasteiger partial charge in [0.2, 0.25) is 0 Å². The molecule has 4 aromatic rings. The van der Waals surface area contributed by atoms with Crippen molar-refractivity contribution in [2.24, 2.45) is 5.73 Å². The predicted octanol–water partition coefficient (Wildman–Crippen LogP) is 4.44. The van der Waals surface area contributed by atoms with Crippen molar-refractivity contribution in [1.29, 1.82) is 0 Å². The van der Waals surface area contributed by atoms with Gasteiger partial charge in [-0.1, -0.05) is 47.6 Å². The first kappa shape index (κ1) is 15.5. The molecular weight excluding hydrogens is 310 g/mol. The van der Waals surface area contributed by atoms with Gasteiger partial charge in [0.1, 0.15) is 5.69 Å². The van der Waals surface area contributed by atoms with Crippen molar-refractivity contribution in [2.45, 2.75) is 19.4 Å². The second-order valence-corrected chi connectivity index (χ2v) is 6.25. The van der Waals surface area contributed by atoms with Crippen LogP contribution in [0.3, 0.4) is 0 Å². The molecule has 1 unspecified atom stereocenters. The molecule has 4 rings (SSSR count). The molecule has 2 N–H and O–H groups in total. The fraction of sp³-hybridized carbons (Fsp3) is 0.143. The third-order valence-corrected chi connectivity index (χ3v) is 4.39. The molecule has 25 heavy (non-hydrogen) atoms. The lowest BCUT2D eigenvalue weighted by Gasteiger charge is -2.15. The van der Waals surface area contributed by atoms with Crippen molar-refractivity contribution in [3.05, 3.63) is 83.7 Å². The third-order valence-electron chi connectivity index (χ3n) is 4.39. The van der Waals surface area contributed by atoms with Gasteiger partial charge in [0.15, 0.2) is 5.58 Å². The molecule has 0 aliphatic rings. The van der Waals surface area contributed by atoms with E-state index < -0.39 is 0 Å². The number of fused-ring (bicyclic) bond motifs is 1. The summed E-state index contributed by atoms with van der Waals surface area (Å²) < 4.78 is 5.47. The second-order valence-electron chi connectivity index (χ2n) is 6.25. The Morgan fingerprint density at radius 3 is 2.64 bits per heavy atom. The van der Waals surface area contributed by atoms with Crippen LogP contribution >= 0.6 is 0 Å². The number of pyridine rings is 1. The molecule has 0 amide bonds. The Morgan fingerprint density at radius 2 is 1.80 bits per heavy atom. The molecule has 2 aromatic heterocycles. The van der Waals surface area contributed by atoms with E-state index in [0.29, 0.717) is 6.42 Å². The zero-order valence-corrected chi connectivity index (χ0v) is 14.0. The predicted molar refractivity (Wildman–Crippen MR) is 99.1 cm³/mol. The molecule has 2 aromatic carbocycles. The van der Waals surface area contributed by atoms with Gasteiger partial charge in [-0.05, 0) is 36.2 Å². The van der Waals surface area contributed by atoms with Gasteiger partial charge in [-0.25, -0.2) is 0 Å². The van der Waals surface area contributed by atoms with Crippen LogP contribution < -0.4 is 5.73 Å². The fourth-order valence-corrected chi connectivity index (χ4v) is 3.07. The summed E-state index contributed by atoms with van der Waals surface area (Å²) in [6.07, 6.45) is 2.55. The lowest BCUT2D eigenvalue weighted by atomic mass is 9.94. The molecule has 0 fully saturated rings. The number of nitrogens with zero attached hydrogens (tertiary/aromatic N) is 2. The summed E-state index contributed by atoms with van der Waals surface area (Å²) in [6, 6.07) is 19.9. The van der Waals surface area contributed by atoms with Crippen LogP contribution in [0.15, 0.2) is 71.4 Å². The Morgan fingerprint density at radius 1 is 1.00 bits per heavy atom. The zero-order chi connectivity index (χ0) is 17.2. The summed E-state index contributed by atoms with van der Waals surface area (Å²) in [6.45, 7) is 2.03. The SMILES string of the molecule is Cc1ccc(CC(N)c2ccccc2-c2noc3ccccc23)nc1. The van der Waals surface area contributed by atoms with Crippen molar-refractivity contribution in [3.63, 3.8) is 0 Å². The Labute approximate surface area is 146 Å². The maximum absolute atomic E-state index is 6.52. The van der Waals surface area contributed by atoms with Gasteiger partial charge < -0.3 is 10.3 Å². The largest absolute Gasteiger partial charge is 0.356 e. The third kappa shape index (κ3) is 3.04. The van der Waals surface area contributed by atoms with Crippen LogP contribution in [-0.4, -0.2) is 10.1 Å². The van der Waals surface area contributed by atoms with Gasteiger partial charge in [0.25, 0.3) is 0 Å². The summed E-state index contributed by atoms with van der Waals surface area (Å²) in [7, 11) is 0. The lowest BCUT2D eigenvalue weighted by Crippen LogP contribution is -2.15. The number of para-hydroxylation sites is 1. The number of hydrogen-bond acceptors (Lipinski definition) is 4. The number of aryl methyl sites for hydroxylation is 1. The minimum atomic E-state index is -0.165. The number of benzene rings is 2. The number of nitrogens with two attached hydrogens (primary N) is 1. The van der Waals surface area contributed by atoms with E-state index >= 15 is 0 Å². The van der Waals surface area contributed by atoms with Crippen LogP contribution in [0.1, 0.15) is 22.9 Å². The normalized spacial score (nSPS) is 12.4. The summed E-state index contributed by atoms with van der Waals surface area (Å²) >= 11 is 0. The standard InChI is InChI=1S/C21H19N3O/c1-14-10-11-15(23-13-14)12-19(22)16-6-2-3-7-17(16)21-18-8-4-5-9-20(18)25-24-21/h2-11,13,19H,12,22H2,1H3. The van der Waals surface area contributed by atoms with Crippen molar-refractivity contribution in [3.8, 4) is 11.3 Å². The Hall–Kier alpha value is -2.98. The van der Waals surface area contributed by atoms with E-state index in [1.165, 1.54) is 0 Å². The molecular formula is C21H19N3O. The Balaban J connectivity index is 1.72. The molecule has 0 radical (unpaired) electrons. The van der Waals surface area contributed by atoms with Crippen LogP contribution in [0.5, 0.6) is 0 Å². The highest BCUT2D eigenvalue weighted by Gasteiger charge is 2.17. The highest BCUT2D eigenvalue weighted by atomic mass is 16.5. The highest BCUT2D eigenvalue weighted by molar-refractivity contribution is 5.92. The molecule has 0 saturated carbocycles. The summed E-state index contributed by atoms with van der Waals surface area (Å²) in [4.78, 5) is 4.47. The Bertz CT molecular complexity index is 1010. The summed E-state index contributed by atoms with van der Waals surface area (Å²) in [5, 5.41) is 5.28. The van der Waals surface area contributed by atoms with Crippen LogP contribution in [-0.2, 0) is 6.42 Å². The highest BCUT2D eigenvalue weighted by Crippen LogP contribution is 2.33. The molecule has 4 heteroatoms. The van der Waals surface area contributed by atoms with Gasteiger partial charge in [-0.2, -0.15) is 0 Å². The molecule has 124 valence electrons. The average molecular weight is 329 g/mol. The van der Waals surface area contributed by atoms with Crippen molar-refractivity contribution in [2.75, 3.05) is 0 Å². The van der Waals surface area contributed by atoms with Crippen LogP contribution in [0, 0.1) is 6.92 Å². The zero-order valence-electron chi connectivity index (χ0n) is 14.0. The first-order valence-corrected chi connectivity index (χ1v) is 8.33. The van der Waals surface area contributed by atoms with E-state index in [1.807, 2.05) is 61.7 Å². The molecule has 4 nitrogen and oxygen atoms in total. The first-order chi connectivity index (χ1) is 12.2. The van der Waals surface area contributed by atoms with Gasteiger partial charge in [-0.15, -0.1) is 0 Å². The van der Waals surface area contributed by atoms with Crippen molar-refractivity contribution in [1.82, 2.24) is 10.1 Å². The minimum Gasteiger partial charge on any atom is -0.356 e. The molecule has 0 spiro atoms. The van der Waals surface area contributed by atoms with E-state index in [-0.39, 0.29) is 6.04 Å². The summed E-state index contributed by atoms with van der Waals surface area (Å²) in [5.41, 5.74) is 12.3. The average Bonchev–Trinajstić information content (AvgIpc) is 3.07. The van der Waals surface area contributed by atoms with Crippen molar-refractivity contribution < 1.29 is 4.52 Å². The van der Waals surface area contributed by atoms with E-state index in [4.69, 9.17) is 10.3 Å². The quantitative estimate of drug-likeness (QED) is 0.601. The second kappa shape index (κ2) is 6.49. The fourth-order valence-electron chi connectivity index (χ4n) is 3.07. The lowest BCUT2D eigenvalue weighted by molar-refractivity contribution is 0.459. The maximum atomic E-state index is 6.52. The first-order valence-electron chi connectivity index (χ1n) is 8.33. The maximum Gasteiger partial charge on any atom is 0.167 e. The molecule has 0 aliphatic carbocycles. The van der Waals surface area contributed by atoms with E-state index in [1.54, 1.807) is 0 Å². The van der Waals surface area contributed by atoms with E-state index in [9.17, 15) is 0 Å².